The fourth-order valence-electron chi connectivity index (χ4n) is 4.19. The van der Waals surface area contributed by atoms with Crippen LogP contribution in [0.3, 0.4) is 0 Å². The quantitative estimate of drug-likeness (QED) is 0.469. The number of ether oxygens (including phenoxy) is 1. The third kappa shape index (κ3) is 4.66. The lowest BCUT2D eigenvalue weighted by Crippen LogP contribution is -2.52. The number of hydrogen-bond acceptors (Lipinski definition) is 6. The Morgan fingerprint density at radius 3 is 3.00 bits per heavy atom. The van der Waals surface area contributed by atoms with Crippen molar-refractivity contribution in [3.8, 4) is 0 Å². The lowest BCUT2D eigenvalue weighted by atomic mass is 10.0. The summed E-state index contributed by atoms with van der Waals surface area (Å²) in [6, 6.07) is 5.28. The normalized spacial score (nSPS) is 25.0. The molecule has 2 fully saturated rings. The number of imide groups is 1. The van der Waals surface area contributed by atoms with Crippen LogP contribution in [0.25, 0.3) is 0 Å². The molecule has 0 spiro atoms. The average Bonchev–Trinajstić information content (AvgIpc) is 2.87. The Kier molecular flexibility index (Phi) is 6.22. The molecule has 3 aliphatic rings. The molecule has 29 heavy (non-hydrogen) atoms. The van der Waals surface area contributed by atoms with E-state index in [9.17, 15) is 14.4 Å². The molecule has 1 aromatic rings. The van der Waals surface area contributed by atoms with E-state index in [4.69, 9.17) is 4.74 Å². The van der Waals surface area contributed by atoms with E-state index < -0.39 is 6.04 Å². The Morgan fingerprint density at radius 2 is 2.14 bits per heavy atom. The molecule has 0 saturated carbocycles. The molecule has 8 nitrogen and oxygen atoms in total. The molecule has 0 radical (unpaired) electrons. The topological polar surface area (TPSA) is 99.8 Å². The van der Waals surface area contributed by atoms with Gasteiger partial charge in [0.1, 0.15) is 6.04 Å². The minimum atomic E-state index is -0.567. The number of carbonyl (C=O) groups is 3. The first-order valence-electron chi connectivity index (χ1n) is 10.4. The molecule has 0 bridgehead atoms. The van der Waals surface area contributed by atoms with Crippen LogP contribution >= 0.6 is 0 Å². The van der Waals surface area contributed by atoms with Gasteiger partial charge < -0.3 is 20.3 Å². The van der Waals surface area contributed by atoms with Crippen LogP contribution in [0, 0.1) is 0 Å². The van der Waals surface area contributed by atoms with Crippen LogP contribution in [-0.2, 0) is 27.4 Å². The number of piperidine rings is 1. The Balaban J connectivity index is 1.30. The standard InChI is InChI=1S/C21H28N4O4/c26-19-5-4-18(20(27)24-19)25-13-15-10-14(2-3-17(15)21(25)28)11-23-8-6-16-12-22-7-1-9-29-16/h2-3,10,16,18,22-23H,1,4-9,11-13H2,(H,24,26,27). The number of nitrogens with one attached hydrogen (secondary N) is 3. The molecule has 1 aromatic carbocycles. The Hall–Kier alpha value is -2.29. The first-order chi connectivity index (χ1) is 14.1. The van der Waals surface area contributed by atoms with Gasteiger partial charge in [0.05, 0.1) is 6.10 Å². The first kappa shape index (κ1) is 20.0. The summed E-state index contributed by atoms with van der Waals surface area (Å²) in [4.78, 5) is 37.8. The molecule has 3 N–H and O–H groups in total. The maximum atomic E-state index is 12.7. The van der Waals surface area contributed by atoms with Crippen molar-refractivity contribution in [2.75, 3.05) is 26.2 Å². The molecule has 156 valence electrons. The van der Waals surface area contributed by atoms with Crippen molar-refractivity contribution in [2.45, 2.75) is 50.9 Å². The van der Waals surface area contributed by atoms with E-state index in [2.05, 4.69) is 16.0 Å². The van der Waals surface area contributed by atoms with Crippen molar-refractivity contribution in [1.29, 1.82) is 0 Å². The summed E-state index contributed by atoms with van der Waals surface area (Å²) < 4.78 is 5.81. The van der Waals surface area contributed by atoms with Crippen LogP contribution in [-0.4, -0.2) is 61.0 Å². The van der Waals surface area contributed by atoms with E-state index in [1.54, 1.807) is 4.90 Å². The van der Waals surface area contributed by atoms with E-state index in [1.165, 1.54) is 0 Å². The van der Waals surface area contributed by atoms with Crippen molar-refractivity contribution < 1.29 is 19.1 Å². The smallest absolute Gasteiger partial charge is 0.255 e. The molecular weight excluding hydrogens is 372 g/mol. The van der Waals surface area contributed by atoms with Crippen molar-refractivity contribution in [3.05, 3.63) is 34.9 Å². The van der Waals surface area contributed by atoms with E-state index >= 15 is 0 Å². The van der Waals surface area contributed by atoms with Crippen LogP contribution in [0.4, 0.5) is 0 Å². The second-order valence-electron chi connectivity index (χ2n) is 7.91. The van der Waals surface area contributed by atoms with Crippen LogP contribution in [0.1, 0.15) is 47.2 Å². The Labute approximate surface area is 170 Å². The zero-order valence-electron chi connectivity index (χ0n) is 16.5. The predicted octanol–water partition coefficient (Wildman–Crippen LogP) is 0.306. The maximum Gasteiger partial charge on any atom is 0.255 e. The highest BCUT2D eigenvalue weighted by atomic mass is 16.5. The van der Waals surface area contributed by atoms with Gasteiger partial charge in [0.15, 0.2) is 0 Å². The largest absolute Gasteiger partial charge is 0.377 e. The van der Waals surface area contributed by atoms with Crippen LogP contribution in [0.5, 0.6) is 0 Å². The van der Waals surface area contributed by atoms with Gasteiger partial charge in [0.25, 0.3) is 5.91 Å². The molecule has 3 amide bonds. The molecule has 2 unspecified atom stereocenters. The van der Waals surface area contributed by atoms with Crippen LogP contribution < -0.4 is 16.0 Å². The molecular formula is C21H28N4O4. The highest BCUT2D eigenvalue weighted by Gasteiger charge is 2.38. The number of amides is 3. The predicted molar refractivity (Wildman–Crippen MR) is 106 cm³/mol. The zero-order chi connectivity index (χ0) is 20.2. The molecule has 3 heterocycles. The minimum Gasteiger partial charge on any atom is -0.377 e. The number of benzene rings is 1. The van der Waals surface area contributed by atoms with Gasteiger partial charge in [-0.15, -0.1) is 0 Å². The molecule has 2 atom stereocenters. The van der Waals surface area contributed by atoms with E-state index in [0.29, 0.717) is 18.5 Å². The van der Waals surface area contributed by atoms with Crippen LogP contribution in [0.15, 0.2) is 18.2 Å². The second kappa shape index (κ2) is 9.02. The summed E-state index contributed by atoms with van der Waals surface area (Å²) in [6.07, 6.45) is 2.93. The number of rotatable bonds is 6. The van der Waals surface area contributed by atoms with Gasteiger partial charge in [-0.2, -0.15) is 0 Å². The van der Waals surface area contributed by atoms with E-state index in [0.717, 1.165) is 56.8 Å². The summed E-state index contributed by atoms with van der Waals surface area (Å²) in [5, 5.41) is 9.17. The molecule has 8 heteroatoms. The fourth-order valence-corrected chi connectivity index (χ4v) is 4.19. The fraction of sp³-hybridized carbons (Fsp3) is 0.571. The van der Waals surface area contributed by atoms with Gasteiger partial charge in [-0.3, -0.25) is 19.7 Å². The maximum absolute atomic E-state index is 12.7. The lowest BCUT2D eigenvalue weighted by molar-refractivity contribution is -0.136. The number of hydrogen-bond donors (Lipinski definition) is 3. The van der Waals surface area contributed by atoms with Crippen LogP contribution in [0.2, 0.25) is 0 Å². The second-order valence-corrected chi connectivity index (χ2v) is 7.91. The van der Waals surface area contributed by atoms with Gasteiger partial charge >= 0.3 is 0 Å². The van der Waals surface area contributed by atoms with Crippen molar-refractivity contribution in [3.63, 3.8) is 0 Å². The summed E-state index contributed by atoms with van der Waals surface area (Å²) in [6.45, 7) is 4.74. The molecule has 0 aromatic heterocycles. The van der Waals surface area contributed by atoms with Crippen molar-refractivity contribution in [1.82, 2.24) is 20.9 Å². The third-order valence-corrected chi connectivity index (χ3v) is 5.78. The average molecular weight is 400 g/mol. The highest BCUT2D eigenvalue weighted by molar-refractivity contribution is 6.05. The first-order valence-corrected chi connectivity index (χ1v) is 10.4. The van der Waals surface area contributed by atoms with Gasteiger partial charge in [0, 0.05) is 38.2 Å². The summed E-state index contributed by atoms with van der Waals surface area (Å²) >= 11 is 0. The number of carbonyl (C=O) groups excluding carboxylic acids is 3. The summed E-state index contributed by atoms with van der Waals surface area (Å²) in [5.41, 5.74) is 2.70. The minimum absolute atomic E-state index is 0.132. The van der Waals surface area contributed by atoms with Crippen molar-refractivity contribution in [2.24, 2.45) is 0 Å². The van der Waals surface area contributed by atoms with Gasteiger partial charge in [-0.05, 0) is 49.5 Å². The molecule has 2 saturated heterocycles. The SMILES string of the molecule is O=C1CCC(N2Cc3cc(CNCCC4CNCCCO4)ccc3C2=O)C(=O)N1. The Bertz CT molecular complexity index is 789. The molecule has 3 aliphatic heterocycles. The zero-order valence-corrected chi connectivity index (χ0v) is 16.5. The monoisotopic (exact) mass is 400 g/mol. The number of nitrogens with zero attached hydrogens (tertiary/aromatic N) is 1. The van der Waals surface area contributed by atoms with Gasteiger partial charge in [-0.1, -0.05) is 12.1 Å². The third-order valence-electron chi connectivity index (χ3n) is 5.78. The van der Waals surface area contributed by atoms with E-state index in [-0.39, 0.29) is 30.2 Å². The summed E-state index contributed by atoms with van der Waals surface area (Å²) in [5.74, 6) is -0.777. The van der Waals surface area contributed by atoms with Gasteiger partial charge in [0.2, 0.25) is 11.8 Å². The van der Waals surface area contributed by atoms with Gasteiger partial charge in [-0.25, -0.2) is 0 Å². The number of fused-ring (bicyclic) bond motifs is 1. The highest BCUT2D eigenvalue weighted by Crippen LogP contribution is 2.28. The van der Waals surface area contributed by atoms with E-state index in [1.807, 2.05) is 18.2 Å². The van der Waals surface area contributed by atoms with Crippen molar-refractivity contribution >= 4 is 17.7 Å². The molecule has 0 aliphatic carbocycles. The lowest BCUT2D eigenvalue weighted by Gasteiger charge is -2.29. The molecule has 4 rings (SSSR count). The Morgan fingerprint density at radius 1 is 1.24 bits per heavy atom. The summed E-state index contributed by atoms with van der Waals surface area (Å²) in [7, 11) is 0.